The molecular formula is C14H20N4. The molecule has 0 aliphatic rings. The highest BCUT2D eigenvalue weighted by molar-refractivity contribution is 5.27. The predicted octanol–water partition coefficient (Wildman–Crippen LogP) is 2.39. The van der Waals surface area contributed by atoms with Crippen LogP contribution in [0.5, 0.6) is 0 Å². The Balaban J connectivity index is 1.87. The van der Waals surface area contributed by atoms with Crippen LogP contribution in [-0.2, 0) is 18.5 Å². The second-order valence-electron chi connectivity index (χ2n) is 5.48. The van der Waals surface area contributed by atoms with E-state index >= 15 is 0 Å². The number of aromatic nitrogens is 3. The van der Waals surface area contributed by atoms with E-state index in [0.29, 0.717) is 6.54 Å². The fourth-order valence-electron chi connectivity index (χ4n) is 1.76. The van der Waals surface area contributed by atoms with Gasteiger partial charge in [-0.1, -0.05) is 45.0 Å². The summed E-state index contributed by atoms with van der Waals surface area (Å²) in [6, 6.07) is 8.75. The van der Waals surface area contributed by atoms with Gasteiger partial charge in [-0.25, -0.2) is 4.98 Å². The average Bonchev–Trinajstić information content (AvgIpc) is 2.82. The number of hydrogen-bond donors (Lipinski definition) is 2. The van der Waals surface area contributed by atoms with E-state index in [1.54, 1.807) is 0 Å². The fourth-order valence-corrected chi connectivity index (χ4v) is 1.76. The first-order valence-electron chi connectivity index (χ1n) is 6.20. The van der Waals surface area contributed by atoms with E-state index in [-0.39, 0.29) is 5.41 Å². The first kappa shape index (κ1) is 12.8. The van der Waals surface area contributed by atoms with Gasteiger partial charge in [0.1, 0.15) is 12.2 Å². The highest BCUT2D eigenvalue weighted by Gasteiger charge is 2.12. The predicted molar refractivity (Wildman–Crippen MR) is 72.1 cm³/mol. The van der Waals surface area contributed by atoms with Gasteiger partial charge < -0.3 is 5.32 Å². The van der Waals surface area contributed by atoms with Crippen molar-refractivity contribution in [3.8, 4) is 0 Å². The number of nitrogens with zero attached hydrogens (tertiary/aromatic N) is 2. The van der Waals surface area contributed by atoms with Crippen LogP contribution >= 0.6 is 0 Å². The summed E-state index contributed by atoms with van der Waals surface area (Å²) in [6.07, 6.45) is 1.52. The highest BCUT2D eigenvalue weighted by atomic mass is 15.2. The third-order valence-electron chi connectivity index (χ3n) is 2.91. The molecule has 18 heavy (non-hydrogen) atoms. The van der Waals surface area contributed by atoms with Gasteiger partial charge in [0.25, 0.3) is 0 Å². The minimum atomic E-state index is 0.214. The van der Waals surface area contributed by atoms with Crippen LogP contribution in [-0.4, -0.2) is 15.2 Å². The van der Waals surface area contributed by atoms with Gasteiger partial charge in [0.2, 0.25) is 0 Å². The summed E-state index contributed by atoms with van der Waals surface area (Å²) >= 11 is 0. The Bertz CT molecular complexity index is 465. The number of aromatic amines is 1. The topological polar surface area (TPSA) is 53.6 Å². The third-order valence-corrected chi connectivity index (χ3v) is 2.91. The lowest BCUT2D eigenvalue weighted by atomic mass is 9.87. The molecule has 0 saturated carbocycles. The van der Waals surface area contributed by atoms with E-state index in [9.17, 15) is 0 Å². The number of H-pyrrole nitrogens is 1. The summed E-state index contributed by atoms with van der Waals surface area (Å²) in [5.41, 5.74) is 2.86. The smallest absolute Gasteiger partial charge is 0.138 e. The fraction of sp³-hybridized carbons (Fsp3) is 0.429. The van der Waals surface area contributed by atoms with Crippen molar-refractivity contribution >= 4 is 0 Å². The number of nitrogens with one attached hydrogen (secondary N) is 2. The molecule has 0 aliphatic heterocycles. The zero-order valence-corrected chi connectivity index (χ0v) is 11.2. The van der Waals surface area contributed by atoms with Crippen molar-refractivity contribution < 1.29 is 0 Å². The summed E-state index contributed by atoms with van der Waals surface area (Å²) < 4.78 is 0. The van der Waals surface area contributed by atoms with Gasteiger partial charge in [0.15, 0.2) is 0 Å². The zero-order chi connectivity index (χ0) is 13.0. The lowest BCUT2D eigenvalue weighted by molar-refractivity contribution is 0.589. The van der Waals surface area contributed by atoms with Crippen molar-refractivity contribution in [2.45, 2.75) is 39.3 Å². The van der Waals surface area contributed by atoms with Crippen molar-refractivity contribution in [2.24, 2.45) is 0 Å². The Kier molecular flexibility index (Phi) is 3.77. The van der Waals surface area contributed by atoms with Gasteiger partial charge in [-0.05, 0) is 16.5 Å². The molecule has 4 nitrogen and oxygen atoms in total. The molecule has 1 aromatic heterocycles. The monoisotopic (exact) mass is 244 g/mol. The van der Waals surface area contributed by atoms with E-state index in [1.807, 2.05) is 0 Å². The first-order chi connectivity index (χ1) is 8.55. The van der Waals surface area contributed by atoms with Crippen LogP contribution in [0.1, 0.15) is 37.7 Å². The summed E-state index contributed by atoms with van der Waals surface area (Å²) in [5, 5.41) is 9.97. The Hall–Kier alpha value is -1.68. The van der Waals surface area contributed by atoms with Crippen molar-refractivity contribution in [1.29, 1.82) is 0 Å². The van der Waals surface area contributed by atoms with Gasteiger partial charge in [0, 0.05) is 6.54 Å². The van der Waals surface area contributed by atoms with Crippen LogP contribution < -0.4 is 5.32 Å². The molecule has 2 N–H and O–H groups in total. The molecule has 0 amide bonds. The molecule has 1 aromatic carbocycles. The molecule has 0 atom stereocenters. The lowest BCUT2D eigenvalue weighted by Crippen LogP contribution is -2.14. The Morgan fingerprint density at radius 1 is 1.11 bits per heavy atom. The van der Waals surface area contributed by atoms with Crippen molar-refractivity contribution in [3.05, 3.63) is 47.5 Å². The van der Waals surface area contributed by atoms with E-state index in [0.717, 1.165) is 12.4 Å². The molecule has 0 spiro atoms. The summed E-state index contributed by atoms with van der Waals surface area (Å²) in [6.45, 7) is 8.23. The third kappa shape index (κ3) is 3.40. The van der Waals surface area contributed by atoms with E-state index in [2.05, 4.69) is 65.5 Å². The van der Waals surface area contributed by atoms with E-state index in [1.165, 1.54) is 17.5 Å². The lowest BCUT2D eigenvalue weighted by Gasteiger charge is -2.19. The molecular weight excluding hydrogens is 224 g/mol. The molecule has 0 fully saturated rings. The maximum Gasteiger partial charge on any atom is 0.138 e. The Morgan fingerprint density at radius 2 is 1.83 bits per heavy atom. The summed E-state index contributed by atoms with van der Waals surface area (Å²) in [4.78, 5) is 4.06. The quantitative estimate of drug-likeness (QED) is 0.868. The summed E-state index contributed by atoms with van der Waals surface area (Å²) in [5.74, 6) is 0.862. The average molecular weight is 244 g/mol. The molecule has 0 bridgehead atoms. The molecule has 0 unspecified atom stereocenters. The molecule has 96 valence electrons. The summed E-state index contributed by atoms with van der Waals surface area (Å²) in [7, 11) is 0. The van der Waals surface area contributed by atoms with Crippen LogP contribution in [0.2, 0.25) is 0 Å². The van der Waals surface area contributed by atoms with Crippen LogP contribution in [0, 0.1) is 0 Å². The van der Waals surface area contributed by atoms with Crippen molar-refractivity contribution in [3.63, 3.8) is 0 Å². The van der Waals surface area contributed by atoms with Crippen molar-refractivity contribution in [1.82, 2.24) is 20.5 Å². The number of hydrogen-bond acceptors (Lipinski definition) is 3. The normalized spacial score (nSPS) is 11.7. The standard InChI is InChI=1S/C14H20N4/c1-14(2,3)12-6-4-11(5-7-12)8-15-9-13-16-10-17-18-13/h4-7,10,15H,8-9H2,1-3H3,(H,16,17,18). The Labute approximate surface area is 108 Å². The minimum Gasteiger partial charge on any atom is -0.306 e. The van der Waals surface area contributed by atoms with Crippen LogP contribution in [0.3, 0.4) is 0 Å². The van der Waals surface area contributed by atoms with Crippen LogP contribution in [0.15, 0.2) is 30.6 Å². The second kappa shape index (κ2) is 5.31. The first-order valence-corrected chi connectivity index (χ1v) is 6.20. The molecule has 0 saturated heterocycles. The SMILES string of the molecule is CC(C)(C)c1ccc(CNCc2ncn[nH]2)cc1. The zero-order valence-electron chi connectivity index (χ0n) is 11.2. The number of benzene rings is 1. The molecule has 4 heteroatoms. The highest BCUT2D eigenvalue weighted by Crippen LogP contribution is 2.22. The molecule has 1 heterocycles. The van der Waals surface area contributed by atoms with Gasteiger partial charge in [-0.3, -0.25) is 5.10 Å². The van der Waals surface area contributed by atoms with Crippen LogP contribution in [0.4, 0.5) is 0 Å². The van der Waals surface area contributed by atoms with E-state index < -0.39 is 0 Å². The maximum atomic E-state index is 4.06. The van der Waals surface area contributed by atoms with Gasteiger partial charge in [-0.15, -0.1) is 0 Å². The van der Waals surface area contributed by atoms with Crippen molar-refractivity contribution in [2.75, 3.05) is 0 Å². The van der Waals surface area contributed by atoms with E-state index in [4.69, 9.17) is 0 Å². The van der Waals surface area contributed by atoms with Gasteiger partial charge >= 0.3 is 0 Å². The largest absolute Gasteiger partial charge is 0.306 e. The van der Waals surface area contributed by atoms with Gasteiger partial charge in [0.05, 0.1) is 6.54 Å². The number of rotatable bonds is 4. The Morgan fingerprint density at radius 3 is 2.39 bits per heavy atom. The maximum absolute atomic E-state index is 4.06. The van der Waals surface area contributed by atoms with Crippen LogP contribution in [0.25, 0.3) is 0 Å². The second-order valence-corrected chi connectivity index (χ2v) is 5.48. The molecule has 0 radical (unpaired) electrons. The molecule has 0 aliphatic carbocycles. The van der Waals surface area contributed by atoms with Gasteiger partial charge in [-0.2, -0.15) is 5.10 Å². The molecule has 2 rings (SSSR count). The minimum absolute atomic E-state index is 0.214. The molecule has 2 aromatic rings.